The summed E-state index contributed by atoms with van der Waals surface area (Å²) in [4.78, 5) is 11.8. The molecule has 0 aliphatic carbocycles. The lowest BCUT2D eigenvalue weighted by Crippen LogP contribution is -2.24. The van der Waals surface area contributed by atoms with Crippen LogP contribution in [0.5, 0.6) is 5.75 Å². The highest BCUT2D eigenvalue weighted by Crippen LogP contribution is 2.16. The van der Waals surface area contributed by atoms with Gasteiger partial charge in [-0.1, -0.05) is 18.2 Å². The fourth-order valence-corrected chi connectivity index (χ4v) is 2.31. The van der Waals surface area contributed by atoms with Crippen LogP contribution in [0.3, 0.4) is 0 Å². The predicted molar refractivity (Wildman–Crippen MR) is 98.5 cm³/mol. The first-order valence-corrected chi connectivity index (χ1v) is 7.73. The maximum absolute atomic E-state index is 11.8. The van der Waals surface area contributed by atoms with Gasteiger partial charge in [-0.3, -0.25) is 0 Å². The third-order valence-electron chi connectivity index (χ3n) is 3.53. The highest BCUT2D eigenvalue weighted by Gasteiger charge is 2.02. The minimum Gasteiger partial charge on any atom is -0.497 e. The molecule has 0 atom stereocenters. The van der Waals surface area contributed by atoms with Crippen LogP contribution in [-0.2, 0) is 0 Å². The van der Waals surface area contributed by atoms with Crippen molar-refractivity contribution < 1.29 is 9.53 Å². The van der Waals surface area contributed by atoms with Crippen LogP contribution in [0.4, 0.5) is 10.5 Å². The average molecular weight is 334 g/mol. The van der Waals surface area contributed by atoms with Gasteiger partial charge in [-0.2, -0.15) is 5.10 Å². The monoisotopic (exact) mass is 334 g/mol. The first kappa shape index (κ1) is 16.3. The molecule has 6 nitrogen and oxygen atoms in total. The predicted octanol–water partition coefficient (Wildman–Crippen LogP) is 3.64. The van der Waals surface area contributed by atoms with Crippen molar-refractivity contribution >= 4 is 17.9 Å². The van der Waals surface area contributed by atoms with Gasteiger partial charge in [-0.05, 0) is 48.5 Å². The summed E-state index contributed by atoms with van der Waals surface area (Å²) in [5.74, 6) is 0.797. The highest BCUT2D eigenvalue weighted by molar-refractivity contribution is 5.90. The fraction of sp³-hybridized carbons (Fsp3) is 0.0526. The first-order chi connectivity index (χ1) is 12.3. The molecule has 0 unspecified atom stereocenters. The maximum Gasteiger partial charge on any atom is 0.339 e. The van der Waals surface area contributed by atoms with Crippen molar-refractivity contribution in [2.75, 3.05) is 12.4 Å². The summed E-state index contributed by atoms with van der Waals surface area (Å²) in [6, 6.07) is 20.3. The molecule has 0 bridgehead atoms. The Morgan fingerprint density at radius 1 is 1.04 bits per heavy atom. The van der Waals surface area contributed by atoms with Crippen molar-refractivity contribution in [1.82, 2.24) is 9.99 Å². The number of amides is 2. The summed E-state index contributed by atoms with van der Waals surface area (Å²) in [5.41, 5.74) is 4.97. The second-order valence-corrected chi connectivity index (χ2v) is 5.19. The van der Waals surface area contributed by atoms with Crippen LogP contribution < -0.4 is 15.5 Å². The van der Waals surface area contributed by atoms with Crippen molar-refractivity contribution in [3.8, 4) is 11.4 Å². The van der Waals surface area contributed by atoms with Gasteiger partial charge in [0, 0.05) is 17.6 Å². The summed E-state index contributed by atoms with van der Waals surface area (Å²) in [7, 11) is 1.63. The molecule has 1 heterocycles. The fourth-order valence-electron chi connectivity index (χ4n) is 2.31. The number of para-hydroxylation sites is 1. The number of hydrogen-bond acceptors (Lipinski definition) is 3. The normalized spacial score (nSPS) is 10.6. The zero-order valence-corrected chi connectivity index (χ0v) is 13.7. The average Bonchev–Trinajstić information content (AvgIpc) is 3.11. The van der Waals surface area contributed by atoms with Gasteiger partial charge < -0.3 is 14.6 Å². The molecule has 25 heavy (non-hydrogen) atoms. The number of urea groups is 1. The molecular weight excluding hydrogens is 316 g/mol. The zero-order chi connectivity index (χ0) is 17.5. The van der Waals surface area contributed by atoms with E-state index in [2.05, 4.69) is 15.8 Å². The van der Waals surface area contributed by atoms with Crippen molar-refractivity contribution in [2.45, 2.75) is 0 Å². The summed E-state index contributed by atoms with van der Waals surface area (Å²) in [6.45, 7) is 0. The lowest BCUT2D eigenvalue weighted by Gasteiger charge is -2.07. The van der Waals surface area contributed by atoms with E-state index < -0.39 is 6.03 Å². The molecule has 2 N–H and O–H groups in total. The number of nitrogens with zero attached hydrogens (tertiary/aromatic N) is 2. The number of rotatable bonds is 5. The largest absolute Gasteiger partial charge is 0.497 e. The highest BCUT2D eigenvalue weighted by atomic mass is 16.5. The lowest BCUT2D eigenvalue weighted by atomic mass is 10.3. The molecule has 6 heteroatoms. The van der Waals surface area contributed by atoms with E-state index in [0.717, 1.165) is 17.1 Å². The van der Waals surface area contributed by atoms with Crippen molar-refractivity contribution in [3.63, 3.8) is 0 Å². The molecule has 0 aliphatic heterocycles. The smallest absolute Gasteiger partial charge is 0.339 e. The van der Waals surface area contributed by atoms with Gasteiger partial charge in [0.1, 0.15) is 5.75 Å². The van der Waals surface area contributed by atoms with E-state index in [9.17, 15) is 4.79 Å². The summed E-state index contributed by atoms with van der Waals surface area (Å²) >= 11 is 0. The Balaban J connectivity index is 1.64. The molecule has 0 saturated carbocycles. The Kier molecular flexibility index (Phi) is 5.11. The summed E-state index contributed by atoms with van der Waals surface area (Å²) in [6.07, 6.45) is 3.52. The zero-order valence-electron chi connectivity index (χ0n) is 13.7. The van der Waals surface area contributed by atoms with Gasteiger partial charge in [0.05, 0.1) is 19.0 Å². The van der Waals surface area contributed by atoms with Gasteiger partial charge in [-0.25, -0.2) is 10.2 Å². The topological polar surface area (TPSA) is 67.6 Å². The van der Waals surface area contributed by atoms with Crippen LogP contribution in [-0.4, -0.2) is 23.9 Å². The van der Waals surface area contributed by atoms with Gasteiger partial charge >= 0.3 is 6.03 Å². The molecular formula is C19H18N4O2. The molecule has 0 spiro atoms. The third-order valence-corrected chi connectivity index (χ3v) is 3.53. The molecule has 0 aliphatic rings. The molecule has 126 valence electrons. The van der Waals surface area contributed by atoms with Crippen LogP contribution >= 0.6 is 0 Å². The van der Waals surface area contributed by atoms with Gasteiger partial charge in [-0.15, -0.1) is 0 Å². The number of ether oxygens (including phenoxy) is 1. The van der Waals surface area contributed by atoms with E-state index in [1.165, 1.54) is 0 Å². The maximum atomic E-state index is 11.8. The molecule has 2 amide bonds. The Morgan fingerprint density at radius 3 is 2.52 bits per heavy atom. The minimum atomic E-state index is -0.398. The Bertz CT molecular complexity index is 855. The summed E-state index contributed by atoms with van der Waals surface area (Å²) in [5, 5.41) is 6.69. The standard InChI is InChI=1S/C19H18N4O2/c1-25-18-11-9-16(10-12-18)23-13-5-8-17(23)14-20-22-19(24)21-15-6-3-2-4-7-15/h2-14H,1H3,(H2,21,22,24)/b20-14+. The SMILES string of the molecule is COc1ccc(-n2cccc2/C=N/NC(=O)Nc2ccccc2)cc1. The van der Waals surface area contributed by atoms with Crippen molar-refractivity contribution in [2.24, 2.45) is 5.10 Å². The number of nitrogens with one attached hydrogen (secondary N) is 2. The molecule has 1 aromatic heterocycles. The number of carbonyl (C=O) groups excluding carboxylic acids is 1. The van der Waals surface area contributed by atoms with E-state index in [0.29, 0.717) is 5.69 Å². The molecule has 0 radical (unpaired) electrons. The lowest BCUT2D eigenvalue weighted by molar-refractivity contribution is 0.252. The quantitative estimate of drug-likeness (QED) is 0.552. The van der Waals surface area contributed by atoms with E-state index in [1.807, 2.05) is 65.4 Å². The number of aromatic nitrogens is 1. The van der Waals surface area contributed by atoms with Crippen LogP contribution in [0.15, 0.2) is 78.0 Å². The van der Waals surface area contributed by atoms with Gasteiger partial charge in [0.2, 0.25) is 0 Å². The first-order valence-electron chi connectivity index (χ1n) is 7.73. The number of hydrazone groups is 1. The number of methoxy groups -OCH3 is 1. The van der Waals surface area contributed by atoms with E-state index >= 15 is 0 Å². The molecule has 3 aromatic rings. The second kappa shape index (κ2) is 7.83. The van der Waals surface area contributed by atoms with Gasteiger partial charge in [0.15, 0.2) is 0 Å². The van der Waals surface area contributed by atoms with E-state index in [1.54, 1.807) is 25.5 Å². The Hall–Kier alpha value is -3.54. The Morgan fingerprint density at radius 2 is 1.80 bits per heavy atom. The number of hydrogen-bond donors (Lipinski definition) is 2. The van der Waals surface area contributed by atoms with E-state index in [-0.39, 0.29) is 0 Å². The molecule has 2 aromatic carbocycles. The van der Waals surface area contributed by atoms with Crippen LogP contribution in [0.2, 0.25) is 0 Å². The van der Waals surface area contributed by atoms with Gasteiger partial charge in [0.25, 0.3) is 0 Å². The number of benzene rings is 2. The number of carbonyl (C=O) groups is 1. The number of anilines is 1. The van der Waals surface area contributed by atoms with Crippen LogP contribution in [0.25, 0.3) is 5.69 Å². The van der Waals surface area contributed by atoms with Crippen molar-refractivity contribution in [1.29, 1.82) is 0 Å². The minimum absolute atomic E-state index is 0.398. The third kappa shape index (κ3) is 4.26. The van der Waals surface area contributed by atoms with Crippen LogP contribution in [0.1, 0.15) is 5.69 Å². The molecule has 3 rings (SSSR count). The molecule has 0 fully saturated rings. The second-order valence-electron chi connectivity index (χ2n) is 5.19. The van der Waals surface area contributed by atoms with Crippen molar-refractivity contribution in [3.05, 3.63) is 78.6 Å². The van der Waals surface area contributed by atoms with Crippen LogP contribution in [0, 0.1) is 0 Å². The van der Waals surface area contributed by atoms with E-state index in [4.69, 9.17) is 4.74 Å². The summed E-state index contributed by atoms with van der Waals surface area (Å²) < 4.78 is 7.12. The molecule has 0 saturated heterocycles. The Labute approximate surface area is 145 Å².